The fraction of sp³-hybridized carbons (Fsp3) is 0. The molecule has 0 amide bonds. The van der Waals surface area contributed by atoms with Gasteiger partial charge in [0.25, 0.3) is 0 Å². The number of hydrogen-bond acceptors (Lipinski definition) is 6. The highest BCUT2D eigenvalue weighted by molar-refractivity contribution is 9.10. The van der Waals surface area contributed by atoms with Crippen molar-refractivity contribution in [1.29, 1.82) is 0 Å². The predicted octanol–water partition coefficient (Wildman–Crippen LogP) is 6.93. The monoisotopic (exact) mass is 505 g/mol. The Morgan fingerprint density at radius 2 is 1.97 bits per heavy atom. The molecule has 3 aromatic carbocycles. The number of aromatic nitrogens is 1. The summed E-state index contributed by atoms with van der Waals surface area (Å²) in [6.45, 7) is 0. The third-order valence-corrected chi connectivity index (χ3v) is 5.19. The number of benzene rings is 3. The van der Waals surface area contributed by atoms with Crippen LogP contribution < -0.4 is 0 Å². The molecule has 0 atom stereocenters. The minimum absolute atomic E-state index is 0.197. The Labute approximate surface area is 187 Å². The summed E-state index contributed by atoms with van der Waals surface area (Å²) in [6, 6.07) is 12.8. The van der Waals surface area contributed by atoms with Crippen molar-refractivity contribution in [3.05, 3.63) is 78.7 Å². The molecule has 0 fully saturated rings. The Morgan fingerprint density at radius 1 is 1.17 bits per heavy atom. The first-order chi connectivity index (χ1) is 14.3. The molecule has 10 heteroatoms. The topological polar surface area (TPSA) is 102 Å². The maximum atomic E-state index is 11.1. The van der Waals surface area contributed by atoms with Crippen LogP contribution in [0, 0.1) is 10.1 Å². The Kier molecular flexibility index (Phi) is 5.46. The van der Waals surface area contributed by atoms with Crippen LogP contribution in [0.3, 0.4) is 0 Å². The molecule has 0 bridgehead atoms. The van der Waals surface area contributed by atoms with E-state index in [1.807, 2.05) is 0 Å². The predicted molar refractivity (Wildman–Crippen MR) is 119 cm³/mol. The molecule has 1 heterocycles. The summed E-state index contributed by atoms with van der Waals surface area (Å²) >= 11 is 15.4. The van der Waals surface area contributed by atoms with Crippen molar-refractivity contribution in [3.63, 3.8) is 0 Å². The number of nitro groups is 1. The van der Waals surface area contributed by atoms with Crippen LogP contribution in [0.5, 0.6) is 5.75 Å². The third-order valence-electron chi connectivity index (χ3n) is 4.16. The largest absolute Gasteiger partial charge is 0.502 e. The van der Waals surface area contributed by atoms with E-state index < -0.39 is 16.4 Å². The molecule has 4 rings (SSSR count). The molecule has 1 N–H and O–H groups in total. The van der Waals surface area contributed by atoms with E-state index in [0.717, 1.165) is 0 Å². The number of aliphatic imine (C=N–C) groups is 1. The Hall–Kier alpha value is -2.94. The van der Waals surface area contributed by atoms with Crippen LogP contribution in [-0.2, 0) is 0 Å². The number of phenolic OH excluding ortho intramolecular Hbond substituents is 1. The number of aromatic hydroxyl groups is 1. The van der Waals surface area contributed by atoms with Crippen LogP contribution in [0.1, 0.15) is 5.56 Å². The number of hydrogen-bond donors (Lipinski definition) is 1. The summed E-state index contributed by atoms with van der Waals surface area (Å²) < 4.78 is 6.21. The van der Waals surface area contributed by atoms with Gasteiger partial charge in [0.15, 0.2) is 5.58 Å². The standard InChI is InChI=1S/C20H10BrCl2N3O4/c21-11-5-10(19(27)17(6-11)26(28)29)9-24-13-2-4-18-16(8-13)25-20(30-18)14-7-12(22)1-3-15(14)23/h1-9,27H. The molecule has 0 aliphatic carbocycles. The summed E-state index contributed by atoms with van der Waals surface area (Å²) in [5.41, 5.74) is 1.93. The smallest absolute Gasteiger partial charge is 0.312 e. The van der Waals surface area contributed by atoms with Gasteiger partial charge >= 0.3 is 5.69 Å². The van der Waals surface area contributed by atoms with Crippen LogP contribution >= 0.6 is 39.1 Å². The summed E-state index contributed by atoms with van der Waals surface area (Å²) in [5.74, 6) is -0.147. The van der Waals surface area contributed by atoms with Crippen LogP contribution in [0.4, 0.5) is 11.4 Å². The van der Waals surface area contributed by atoms with E-state index in [1.165, 1.54) is 18.3 Å². The Morgan fingerprint density at radius 3 is 2.73 bits per heavy atom. The molecular formula is C20H10BrCl2N3O4. The van der Waals surface area contributed by atoms with Crippen LogP contribution in [-0.4, -0.2) is 21.2 Å². The van der Waals surface area contributed by atoms with Gasteiger partial charge in [-0.05, 0) is 42.5 Å². The molecule has 0 unspecified atom stereocenters. The summed E-state index contributed by atoms with van der Waals surface area (Å²) in [4.78, 5) is 19.1. The number of phenols is 1. The SMILES string of the molecule is O=[N+]([O-])c1cc(Br)cc(C=Nc2ccc3oc(-c4cc(Cl)ccc4Cl)nc3c2)c1O. The maximum Gasteiger partial charge on any atom is 0.312 e. The molecule has 1 aromatic heterocycles. The molecule has 0 aliphatic heterocycles. The van der Waals surface area contributed by atoms with Gasteiger partial charge in [-0.1, -0.05) is 39.1 Å². The molecule has 150 valence electrons. The second-order valence-corrected chi connectivity index (χ2v) is 7.93. The zero-order valence-electron chi connectivity index (χ0n) is 14.8. The van der Waals surface area contributed by atoms with Crippen molar-refractivity contribution in [1.82, 2.24) is 4.98 Å². The number of nitro benzene ring substituents is 1. The minimum Gasteiger partial charge on any atom is -0.502 e. The molecule has 0 radical (unpaired) electrons. The van der Waals surface area contributed by atoms with Gasteiger partial charge in [0, 0.05) is 27.3 Å². The van der Waals surface area contributed by atoms with Gasteiger partial charge < -0.3 is 9.52 Å². The zero-order valence-corrected chi connectivity index (χ0v) is 17.9. The summed E-state index contributed by atoms with van der Waals surface area (Å²) in [5, 5.41) is 22.1. The lowest BCUT2D eigenvalue weighted by Gasteiger charge is -2.01. The number of halogens is 3. The van der Waals surface area contributed by atoms with E-state index >= 15 is 0 Å². The van der Waals surface area contributed by atoms with Gasteiger partial charge in [-0.25, -0.2) is 4.98 Å². The van der Waals surface area contributed by atoms with Crippen molar-refractivity contribution in [2.75, 3.05) is 0 Å². The second kappa shape index (κ2) is 8.06. The molecule has 30 heavy (non-hydrogen) atoms. The summed E-state index contributed by atoms with van der Waals surface area (Å²) in [6.07, 6.45) is 1.34. The molecule has 7 nitrogen and oxygen atoms in total. The molecule has 0 aliphatic rings. The quantitative estimate of drug-likeness (QED) is 0.183. The van der Waals surface area contributed by atoms with E-state index in [2.05, 4.69) is 25.9 Å². The van der Waals surface area contributed by atoms with Gasteiger partial charge in [-0.2, -0.15) is 0 Å². The highest BCUT2D eigenvalue weighted by Crippen LogP contribution is 2.34. The van der Waals surface area contributed by atoms with Gasteiger partial charge in [0.05, 0.1) is 21.2 Å². The van der Waals surface area contributed by atoms with Crippen LogP contribution in [0.15, 0.2) is 62.4 Å². The number of rotatable bonds is 4. The second-order valence-electron chi connectivity index (χ2n) is 6.17. The lowest BCUT2D eigenvalue weighted by molar-refractivity contribution is -0.385. The van der Waals surface area contributed by atoms with Crippen molar-refractivity contribution in [2.45, 2.75) is 0 Å². The Bertz CT molecular complexity index is 1340. The number of fused-ring (bicyclic) bond motifs is 1. The lowest BCUT2D eigenvalue weighted by atomic mass is 10.2. The number of nitrogens with zero attached hydrogens (tertiary/aromatic N) is 3. The van der Waals surface area contributed by atoms with Crippen molar-refractivity contribution in [2.24, 2.45) is 4.99 Å². The zero-order chi connectivity index (χ0) is 21.4. The van der Waals surface area contributed by atoms with Gasteiger partial charge in [-0.15, -0.1) is 0 Å². The van der Waals surface area contributed by atoms with E-state index in [0.29, 0.717) is 42.8 Å². The van der Waals surface area contributed by atoms with Crippen LogP contribution in [0.25, 0.3) is 22.6 Å². The van der Waals surface area contributed by atoms with E-state index in [4.69, 9.17) is 27.6 Å². The maximum absolute atomic E-state index is 11.1. The van der Waals surface area contributed by atoms with E-state index in [9.17, 15) is 15.2 Å². The molecule has 0 saturated heterocycles. The molecular weight excluding hydrogens is 497 g/mol. The average molecular weight is 507 g/mol. The summed E-state index contributed by atoms with van der Waals surface area (Å²) in [7, 11) is 0. The average Bonchev–Trinajstić information content (AvgIpc) is 3.13. The first-order valence-electron chi connectivity index (χ1n) is 8.39. The Balaban J connectivity index is 1.70. The number of oxazole rings is 1. The van der Waals surface area contributed by atoms with Gasteiger partial charge in [0.2, 0.25) is 11.6 Å². The van der Waals surface area contributed by atoms with Crippen LogP contribution in [0.2, 0.25) is 10.0 Å². The van der Waals surface area contributed by atoms with E-state index in [-0.39, 0.29) is 5.56 Å². The highest BCUT2D eigenvalue weighted by Gasteiger charge is 2.18. The molecule has 4 aromatic rings. The van der Waals surface area contributed by atoms with E-state index in [1.54, 1.807) is 36.4 Å². The first kappa shape index (κ1) is 20.3. The highest BCUT2D eigenvalue weighted by atomic mass is 79.9. The van der Waals surface area contributed by atoms with Crippen molar-refractivity contribution < 1.29 is 14.4 Å². The fourth-order valence-electron chi connectivity index (χ4n) is 2.76. The van der Waals surface area contributed by atoms with Crippen molar-refractivity contribution >= 4 is 67.8 Å². The normalized spacial score (nSPS) is 11.4. The van der Waals surface area contributed by atoms with Crippen molar-refractivity contribution in [3.8, 4) is 17.2 Å². The van der Waals surface area contributed by atoms with Gasteiger partial charge in [-0.3, -0.25) is 15.1 Å². The van der Waals surface area contributed by atoms with Gasteiger partial charge in [0.1, 0.15) is 5.52 Å². The fourth-order valence-corrected chi connectivity index (χ4v) is 3.59. The third kappa shape index (κ3) is 4.02. The minimum atomic E-state index is -0.665. The first-order valence-corrected chi connectivity index (χ1v) is 9.93. The molecule has 0 saturated carbocycles. The molecule has 0 spiro atoms. The lowest BCUT2D eigenvalue weighted by Crippen LogP contribution is -1.92.